The zero-order valence-electron chi connectivity index (χ0n) is 15.2. The number of rotatable bonds is 7. The molecule has 2 aromatic carbocycles. The third-order valence-electron chi connectivity index (χ3n) is 3.75. The fourth-order valence-corrected chi connectivity index (χ4v) is 3.18. The number of non-ortho nitro benzene ring substituents is 1. The maximum atomic E-state index is 12.0. The molecule has 0 atom stereocenters. The van der Waals surface area contributed by atoms with Crippen LogP contribution in [-0.4, -0.2) is 37.6 Å². The molecule has 3 rings (SSSR count). The van der Waals surface area contributed by atoms with Gasteiger partial charge in [0.05, 0.1) is 16.9 Å². The zero-order valence-corrected chi connectivity index (χ0v) is 16.7. The van der Waals surface area contributed by atoms with Crippen molar-refractivity contribution in [3.05, 3.63) is 69.2 Å². The summed E-state index contributed by atoms with van der Waals surface area (Å²) in [6.07, 6.45) is 1.34. The van der Waals surface area contributed by atoms with Gasteiger partial charge in [-0.2, -0.15) is 5.10 Å². The zero-order chi connectivity index (χ0) is 20.8. The van der Waals surface area contributed by atoms with Gasteiger partial charge in [-0.1, -0.05) is 35.5 Å². The third-order valence-corrected chi connectivity index (χ3v) is 5.03. The lowest BCUT2D eigenvalue weighted by molar-refractivity contribution is -0.384. The summed E-state index contributed by atoms with van der Waals surface area (Å²) in [4.78, 5) is 22.2. The Kier molecular flexibility index (Phi) is 6.57. The van der Waals surface area contributed by atoms with Crippen LogP contribution in [0.3, 0.4) is 0 Å². The molecule has 148 valence electrons. The van der Waals surface area contributed by atoms with Crippen LogP contribution >= 0.6 is 23.4 Å². The maximum Gasteiger partial charge on any atom is 0.270 e. The van der Waals surface area contributed by atoms with Crippen molar-refractivity contribution in [3.63, 3.8) is 0 Å². The molecule has 1 amide bonds. The standard InChI is InChI=1S/C18H15ClN6O3S/c1-24-17(13-5-7-14(19)8-6-13)22-23-18(24)29-11-16(26)21-20-10-12-3-2-4-15(9-12)25(27)28/h2-10H,11H2,1H3,(H,21,26)/b20-10-. The SMILES string of the molecule is Cn1c(SCC(=O)N/N=C\c2cccc([N+](=O)[O-])c2)nnc1-c1ccc(Cl)cc1. The predicted octanol–water partition coefficient (Wildman–Crippen LogP) is 3.29. The molecule has 3 aromatic rings. The van der Waals surface area contributed by atoms with Gasteiger partial charge in [-0.05, 0) is 24.3 Å². The number of nitrogens with one attached hydrogen (secondary N) is 1. The normalized spacial score (nSPS) is 11.0. The summed E-state index contributed by atoms with van der Waals surface area (Å²) >= 11 is 7.11. The maximum absolute atomic E-state index is 12.0. The van der Waals surface area contributed by atoms with E-state index in [0.717, 1.165) is 5.56 Å². The van der Waals surface area contributed by atoms with Gasteiger partial charge in [-0.3, -0.25) is 14.9 Å². The minimum absolute atomic E-state index is 0.0467. The van der Waals surface area contributed by atoms with Crippen molar-refractivity contribution in [2.24, 2.45) is 12.1 Å². The summed E-state index contributed by atoms with van der Waals surface area (Å²) in [5, 5.41) is 24.0. The van der Waals surface area contributed by atoms with Crippen molar-refractivity contribution in [3.8, 4) is 11.4 Å². The quantitative estimate of drug-likeness (QED) is 0.266. The summed E-state index contributed by atoms with van der Waals surface area (Å²) in [6.45, 7) is 0. The molecule has 1 aromatic heterocycles. The van der Waals surface area contributed by atoms with Crippen LogP contribution in [0.25, 0.3) is 11.4 Å². The van der Waals surface area contributed by atoms with Crippen molar-refractivity contribution in [2.45, 2.75) is 5.16 Å². The number of hydrogen-bond donors (Lipinski definition) is 1. The Morgan fingerprint density at radius 2 is 2.07 bits per heavy atom. The summed E-state index contributed by atoms with van der Waals surface area (Å²) < 4.78 is 1.79. The van der Waals surface area contributed by atoms with Crippen LogP contribution in [0.4, 0.5) is 5.69 Å². The van der Waals surface area contributed by atoms with Crippen LogP contribution in [0.2, 0.25) is 5.02 Å². The Labute approximate surface area is 174 Å². The number of nitro groups is 1. The molecule has 0 aliphatic heterocycles. The van der Waals surface area contributed by atoms with Gasteiger partial charge in [0.1, 0.15) is 0 Å². The Morgan fingerprint density at radius 3 is 2.79 bits per heavy atom. The molecule has 1 heterocycles. The number of nitro benzene ring substituents is 1. The van der Waals surface area contributed by atoms with Crippen LogP contribution < -0.4 is 5.43 Å². The fraction of sp³-hybridized carbons (Fsp3) is 0.111. The largest absolute Gasteiger partial charge is 0.305 e. The molecule has 0 radical (unpaired) electrons. The highest BCUT2D eigenvalue weighted by atomic mass is 35.5. The molecule has 11 heteroatoms. The highest BCUT2D eigenvalue weighted by Gasteiger charge is 2.12. The van der Waals surface area contributed by atoms with Crippen molar-refractivity contribution in [1.82, 2.24) is 20.2 Å². The first kappa shape index (κ1) is 20.5. The number of benzene rings is 2. The number of thioether (sulfide) groups is 1. The van der Waals surface area contributed by atoms with E-state index in [0.29, 0.717) is 21.6 Å². The molecular weight excluding hydrogens is 416 g/mol. The van der Waals surface area contributed by atoms with Crippen LogP contribution in [0.15, 0.2) is 58.8 Å². The van der Waals surface area contributed by atoms with Crippen molar-refractivity contribution < 1.29 is 9.72 Å². The second-order valence-corrected chi connectivity index (χ2v) is 7.18. The van der Waals surface area contributed by atoms with E-state index in [1.165, 1.54) is 30.1 Å². The van der Waals surface area contributed by atoms with Gasteiger partial charge < -0.3 is 4.57 Å². The van der Waals surface area contributed by atoms with Gasteiger partial charge in [0, 0.05) is 35.3 Å². The number of hydrogen-bond acceptors (Lipinski definition) is 7. The number of carbonyl (C=O) groups is 1. The van der Waals surface area contributed by atoms with E-state index in [9.17, 15) is 14.9 Å². The Morgan fingerprint density at radius 1 is 1.31 bits per heavy atom. The molecule has 29 heavy (non-hydrogen) atoms. The molecular formula is C18H15ClN6O3S. The van der Waals surface area contributed by atoms with Crippen LogP contribution in [0, 0.1) is 10.1 Å². The van der Waals surface area contributed by atoms with Crippen LogP contribution in [0.1, 0.15) is 5.56 Å². The molecule has 0 saturated heterocycles. The number of amides is 1. The summed E-state index contributed by atoms with van der Waals surface area (Å²) in [6, 6.07) is 13.2. The van der Waals surface area contributed by atoms with E-state index in [4.69, 9.17) is 11.6 Å². The molecule has 9 nitrogen and oxygen atoms in total. The number of aromatic nitrogens is 3. The van der Waals surface area contributed by atoms with Gasteiger partial charge in [-0.25, -0.2) is 5.43 Å². The minimum Gasteiger partial charge on any atom is -0.305 e. The number of nitrogens with zero attached hydrogens (tertiary/aromatic N) is 5. The number of hydrazone groups is 1. The molecule has 0 saturated carbocycles. The molecule has 0 aliphatic rings. The van der Waals surface area contributed by atoms with E-state index < -0.39 is 4.92 Å². The average Bonchev–Trinajstić information content (AvgIpc) is 3.07. The van der Waals surface area contributed by atoms with E-state index >= 15 is 0 Å². The van der Waals surface area contributed by atoms with E-state index in [-0.39, 0.29) is 17.3 Å². The lowest BCUT2D eigenvalue weighted by Gasteiger charge is -2.04. The first-order valence-electron chi connectivity index (χ1n) is 8.28. The van der Waals surface area contributed by atoms with Gasteiger partial charge in [0.2, 0.25) is 0 Å². The van der Waals surface area contributed by atoms with Crippen molar-refractivity contribution in [1.29, 1.82) is 0 Å². The predicted molar refractivity (Wildman–Crippen MR) is 111 cm³/mol. The molecule has 0 spiro atoms. The Bertz CT molecular complexity index is 1070. The third kappa shape index (κ3) is 5.39. The molecule has 0 fully saturated rings. The first-order chi connectivity index (χ1) is 13.9. The molecule has 1 N–H and O–H groups in total. The average molecular weight is 431 g/mol. The highest BCUT2D eigenvalue weighted by Crippen LogP contribution is 2.23. The Balaban J connectivity index is 1.55. The van der Waals surface area contributed by atoms with Gasteiger partial charge in [-0.15, -0.1) is 10.2 Å². The van der Waals surface area contributed by atoms with E-state index in [1.807, 2.05) is 19.2 Å². The van der Waals surface area contributed by atoms with Crippen LogP contribution in [0.5, 0.6) is 0 Å². The van der Waals surface area contributed by atoms with E-state index in [2.05, 4.69) is 20.7 Å². The first-order valence-corrected chi connectivity index (χ1v) is 9.65. The molecule has 0 unspecified atom stereocenters. The van der Waals surface area contributed by atoms with Gasteiger partial charge >= 0.3 is 0 Å². The Hall–Kier alpha value is -3.24. The highest BCUT2D eigenvalue weighted by molar-refractivity contribution is 7.99. The minimum atomic E-state index is -0.494. The van der Waals surface area contributed by atoms with Gasteiger partial charge in [0.15, 0.2) is 11.0 Å². The van der Waals surface area contributed by atoms with E-state index in [1.54, 1.807) is 28.8 Å². The lowest BCUT2D eigenvalue weighted by atomic mass is 10.2. The van der Waals surface area contributed by atoms with Crippen molar-refractivity contribution in [2.75, 3.05) is 5.75 Å². The monoisotopic (exact) mass is 430 g/mol. The van der Waals surface area contributed by atoms with Crippen molar-refractivity contribution >= 4 is 41.2 Å². The molecule has 0 bridgehead atoms. The second-order valence-electron chi connectivity index (χ2n) is 5.81. The molecule has 0 aliphatic carbocycles. The smallest absolute Gasteiger partial charge is 0.270 e. The van der Waals surface area contributed by atoms with Crippen LogP contribution in [-0.2, 0) is 11.8 Å². The summed E-state index contributed by atoms with van der Waals surface area (Å²) in [5.41, 5.74) is 3.71. The number of halogens is 1. The fourth-order valence-electron chi connectivity index (χ4n) is 2.35. The summed E-state index contributed by atoms with van der Waals surface area (Å²) in [5.74, 6) is 0.403. The van der Waals surface area contributed by atoms with Gasteiger partial charge in [0.25, 0.3) is 11.6 Å². The summed E-state index contributed by atoms with van der Waals surface area (Å²) in [7, 11) is 1.81. The number of carbonyl (C=O) groups excluding carboxylic acids is 1. The lowest BCUT2D eigenvalue weighted by Crippen LogP contribution is -2.19. The topological polar surface area (TPSA) is 115 Å². The second kappa shape index (κ2) is 9.30.